The predicted molar refractivity (Wildman–Crippen MR) is 109 cm³/mol. The Morgan fingerprint density at radius 3 is 2.44 bits per heavy atom. The van der Waals surface area contributed by atoms with Gasteiger partial charge in [0.25, 0.3) is 5.91 Å². The fourth-order valence-corrected chi connectivity index (χ4v) is 3.13. The van der Waals surface area contributed by atoms with Crippen LogP contribution in [0, 0.1) is 0 Å². The van der Waals surface area contributed by atoms with E-state index in [1.807, 2.05) is 0 Å². The van der Waals surface area contributed by atoms with E-state index in [0.717, 1.165) is 12.1 Å². The molecule has 3 amide bonds. The van der Waals surface area contributed by atoms with Gasteiger partial charge in [0.15, 0.2) is 0 Å². The molecule has 1 aromatic rings. The van der Waals surface area contributed by atoms with Crippen molar-refractivity contribution in [2.45, 2.75) is 51.6 Å². The zero-order chi connectivity index (χ0) is 24.1. The molecule has 11 heteroatoms. The number of nitrogens with one attached hydrogen (secondary N) is 2. The van der Waals surface area contributed by atoms with Crippen molar-refractivity contribution >= 4 is 17.9 Å². The lowest BCUT2D eigenvalue weighted by atomic mass is 10.1. The molecule has 2 rings (SSSR count). The largest absolute Gasteiger partial charge is 0.444 e. The highest BCUT2D eigenvalue weighted by molar-refractivity contribution is 5.96. The van der Waals surface area contributed by atoms with Gasteiger partial charge in [-0.2, -0.15) is 13.2 Å². The maximum Gasteiger partial charge on any atom is 0.416 e. The molecule has 178 valence electrons. The summed E-state index contributed by atoms with van der Waals surface area (Å²) in [7, 11) is 0. The minimum atomic E-state index is -4.58. The number of hydrogen-bond donors (Lipinski definition) is 2. The minimum Gasteiger partial charge on any atom is -0.444 e. The summed E-state index contributed by atoms with van der Waals surface area (Å²) >= 11 is 0. The van der Waals surface area contributed by atoms with Crippen molar-refractivity contribution in [3.05, 3.63) is 35.4 Å². The molecule has 0 saturated carbocycles. The van der Waals surface area contributed by atoms with E-state index >= 15 is 0 Å². The van der Waals surface area contributed by atoms with Crippen LogP contribution in [0.2, 0.25) is 0 Å². The Hall–Kier alpha value is -2.82. The monoisotopic (exact) mass is 459 g/mol. The molecule has 0 unspecified atom stereocenters. The Labute approximate surface area is 184 Å². The topological polar surface area (TPSA) is 97.0 Å². The van der Waals surface area contributed by atoms with E-state index in [4.69, 9.17) is 9.47 Å². The van der Waals surface area contributed by atoms with Crippen molar-refractivity contribution in [1.82, 2.24) is 15.5 Å². The van der Waals surface area contributed by atoms with Crippen molar-refractivity contribution in [3.8, 4) is 0 Å². The Morgan fingerprint density at radius 2 is 1.84 bits per heavy atom. The molecule has 0 spiro atoms. The maximum atomic E-state index is 12.8. The molecule has 2 atom stereocenters. The molecule has 1 aliphatic heterocycles. The van der Waals surface area contributed by atoms with Gasteiger partial charge < -0.3 is 25.0 Å². The van der Waals surface area contributed by atoms with E-state index in [-0.39, 0.29) is 18.7 Å². The molecule has 1 aliphatic rings. The molecular formula is C21H28F3N3O5. The molecule has 32 heavy (non-hydrogen) atoms. The van der Waals surface area contributed by atoms with E-state index in [2.05, 4.69) is 10.6 Å². The molecular weight excluding hydrogens is 431 g/mol. The molecule has 8 nitrogen and oxygen atoms in total. The Kier molecular flexibility index (Phi) is 8.11. The summed E-state index contributed by atoms with van der Waals surface area (Å²) in [6.07, 6.45) is -5.57. The van der Waals surface area contributed by atoms with Gasteiger partial charge in [-0.05, 0) is 45.9 Å². The highest BCUT2D eigenvalue weighted by atomic mass is 19.4. The van der Waals surface area contributed by atoms with Crippen LogP contribution in [-0.4, -0.2) is 66.8 Å². The zero-order valence-electron chi connectivity index (χ0n) is 18.4. The number of alkyl halides is 3. The van der Waals surface area contributed by atoms with Crippen LogP contribution in [0.4, 0.5) is 18.0 Å². The van der Waals surface area contributed by atoms with Gasteiger partial charge in [0.2, 0.25) is 5.91 Å². The highest BCUT2D eigenvalue weighted by Crippen LogP contribution is 2.29. The SMILES string of the molecule is CCO[C@H]1CN(C(=O)OC(C)(C)C)C[C@@H]1NC(=O)CNC(=O)c1cccc(C(F)(F)F)c1. The van der Waals surface area contributed by atoms with E-state index in [1.54, 1.807) is 27.7 Å². The molecule has 1 heterocycles. The second kappa shape index (κ2) is 10.2. The van der Waals surface area contributed by atoms with Crippen molar-refractivity contribution in [1.29, 1.82) is 0 Å². The van der Waals surface area contributed by atoms with E-state index in [1.165, 1.54) is 11.0 Å². The number of nitrogens with zero attached hydrogens (tertiary/aromatic N) is 1. The van der Waals surface area contributed by atoms with Crippen LogP contribution in [-0.2, 0) is 20.4 Å². The van der Waals surface area contributed by atoms with E-state index in [0.29, 0.717) is 12.7 Å². The minimum absolute atomic E-state index is 0.160. The number of carbonyl (C=O) groups excluding carboxylic acids is 3. The number of hydrogen-bond acceptors (Lipinski definition) is 5. The third-order valence-corrected chi connectivity index (χ3v) is 4.51. The molecule has 2 N–H and O–H groups in total. The molecule has 0 bridgehead atoms. The number of rotatable bonds is 6. The lowest BCUT2D eigenvalue weighted by molar-refractivity contribution is -0.137. The van der Waals surface area contributed by atoms with E-state index < -0.39 is 53.9 Å². The summed E-state index contributed by atoms with van der Waals surface area (Å²) in [5.41, 5.74) is -1.84. The first-order valence-electron chi connectivity index (χ1n) is 10.1. The van der Waals surface area contributed by atoms with Crippen molar-refractivity contribution in [2.75, 3.05) is 26.2 Å². The van der Waals surface area contributed by atoms with Crippen LogP contribution in [0.5, 0.6) is 0 Å². The quantitative estimate of drug-likeness (QED) is 0.682. The van der Waals surface area contributed by atoms with Gasteiger partial charge in [-0.15, -0.1) is 0 Å². The van der Waals surface area contributed by atoms with Crippen LogP contribution < -0.4 is 10.6 Å². The van der Waals surface area contributed by atoms with Crippen LogP contribution >= 0.6 is 0 Å². The van der Waals surface area contributed by atoms with Gasteiger partial charge in [0, 0.05) is 18.7 Å². The average Bonchev–Trinajstić information content (AvgIpc) is 3.07. The van der Waals surface area contributed by atoms with Gasteiger partial charge in [-0.25, -0.2) is 4.79 Å². The Morgan fingerprint density at radius 1 is 1.16 bits per heavy atom. The molecule has 0 aliphatic carbocycles. The Balaban J connectivity index is 1.93. The number of benzene rings is 1. The van der Waals surface area contributed by atoms with Crippen molar-refractivity contribution in [2.24, 2.45) is 0 Å². The van der Waals surface area contributed by atoms with E-state index in [9.17, 15) is 27.6 Å². The van der Waals surface area contributed by atoms with Crippen LogP contribution in [0.15, 0.2) is 24.3 Å². The highest BCUT2D eigenvalue weighted by Gasteiger charge is 2.38. The summed E-state index contributed by atoms with van der Waals surface area (Å²) < 4.78 is 49.4. The predicted octanol–water partition coefficient (Wildman–Crippen LogP) is 2.58. The van der Waals surface area contributed by atoms with Gasteiger partial charge in [-0.1, -0.05) is 6.07 Å². The smallest absolute Gasteiger partial charge is 0.416 e. The standard InChI is InChI=1S/C21H28F3N3O5/c1-5-31-16-12-27(19(30)32-20(2,3)4)11-15(16)26-17(28)10-25-18(29)13-7-6-8-14(9-13)21(22,23)24/h6-9,15-16H,5,10-12H2,1-4H3,(H,25,29)(H,26,28)/t15-,16-/m0/s1. The summed E-state index contributed by atoms with van der Waals surface area (Å²) in [5.74, 6) is -1.37. The first-order valence-corrected chi connectivity index (χ1v) is 10.1. The molecule has 1 aromatic carbocycles. The van der Waals surface area contributed by atoms with Crippen LogP contribution in [0.1, 0.15) is 43.6 Å². The van der Waals surface area contributed by atoms with Gasteiger partial charge in [-0.3, -0.25) is 9.59 Å². The van der Waals surface area contributed by atoms with Gasteiger partial charge in [0.05, 0.1) is 30.8 Å². The summed E-state index contributed by atoms with van der Waals surface area (Å²) in [6.45, 7) is 7.32. The second-order valence-corrected chi connectivity index (χ2v) is 8.31. The molecule has 0 aromatic heterocycles. The number of ether oxygens (including phenoxy) is 2. The lowest BCUT2D eigenvalue weighted by Crippen LogP contribution is -2.47. The lowest BCUT2D eigenvalue weighted by Gasteiger charge is -2.24. The molecule has 1 saturated heterocycles. The molecule has 1 fully saturated rings. The Bertz CT molecular complexity index is 839. The number of halogens is 3. The fraction of sp³-hybridized carbons (Fsp3) is 0.571. The van der Waals surface area contributed by atoms with Crippen molar-refractivity contribution in [3.63, 3.8) is 0 Å². The second-order valence-electron chi connectivity index (χ2n) is 8.31. The van der Waals surface area contributed by atoms with Crippen LogP contribution in [0.25, 0.3) is 0 Å². The first-order chi connectivity index (χ1) is 14.8. The van der Waals surface area contributed by atoms with Gasteiger partial charge in [0.1, 0.15) is 5.60 Å². The summed E-state index contributed by atoms with van der Waals surface area (Å²) in [5, 5.41) is 4.99. The normalized spacial score (nSPS) is 18.9. The fourth-order valence-electron chi connectivity index (χ4n) is 3.13. The first kappa shape index (κ1) is 25.4. The molecule has 0 radical (unpaired) electrons. The van der Waals surface area contributed by atoms with Crippen LogP contribution in [0.3, 0.4) is 0 Å². The maximum absolute atomic E-state index is 12.8. The van der Waals surface area contributed by atoms with Crippen molar-refractivity contribution < 1.29 is 37.0 Å². The number of carbonyl (C=O) groups is 3. The third-order valence-electron chi connectivity index (χ3n) is 4.51. The zero-order valence-corrected chi connectivity index (χ0v) is 18.4. The van der Waals surface area contributed by atoms with Gasteiger partial charge >= 0.3 is 12.3 Å². The number of likely N-dealkylation sites (tertiary alicyclic amines) is 1. The third kappa shape index (κ3) is 7.40. The summed E-state index contributed by atoms with van der Waals surface area (Å²) in [4.78, 5) is 38.2. The summed E-state index contributed by atoms with van der Waals surface area (Å²) in [6, 6.07) is 3.39. The number of amides is 3. The average molecular weight is 459 g/mol.